The first kappa shape index (κ1) is 15.0. The Balaban J connectivity index is 0.000000209. The van der Waals surface area contributed by atoms with E-state index in [4.69, 9.17) is 0 Å². The summed E-state index contributed by atoms with van der Waals surface area (Å²) in [6.07, 6.45) is 11.3. The Morgan fingerprint density at radius 2 is 1.71 bits per heavy atom. The van der Waals surface area contributed by atoms with Gasteiger partial charge >= 0.3 is 0 Å². The number of unbranched alkanes of at least 4 members (excludes halogenated alkanes) is 3. The van der Waals surface area contributed by atoms with Crippen LogP contribution in [-0.4, -0.2) is 12.6 Å². The lowest BCUT2D eigenvalue weighted by molar-refractivity contribution is 0.151. The van der Waals surface area contributed by atoms with Crippen LogP contribution in [0.3, 0.4) is 0 Å². The Hall–Kier alpha value is -0.0400. The number of hydrogen-bond acceptors (Lipinski definition) is 1. The lowest BCUT2D eigenvalue weighted by Gasteiger charge is -2.38. The van der Waals surface area contributed by atoms with Crippen molar-refractivity contribution in [2.45, 2.75) is 85.1 Å². The van der Waals surface area contributed by atoms with E-state index in [9.17, 15) is 0 Å². The second kappa shape index (κ2) is 7.41. The summed E-state index contributed by atoms with van der Waals surface area (Å²) in [5.41, 5.74) is 0.750. The molecule has 0 spiro atoms. The van der Waals surface area contributed by atoms with Gasteiger partial charge in [0.2, 0.25) is 0 Å². The molecule has 17 heavy (non-hydrogen) atoms. The molecule has 1 heteroatoms. The molecule has 3 fully saturated rings. The first-order valence-electron chi connectivity index (χ1n) is 7.89. The van der Waals surface area contributed by atoms with Gasteiger partial charge in [-0.3, -0.25) is 0 Å². The molecule has 2 saturated heterocycles. The van der Waals surface area contributed by atoms with E-state index in [1.165, 1.54) is 57.9 Å². The molecular weight excluding hydrogens is 206 g/mol. The standard InChI is InChI=1S/C10H19N.C6H14/c1-3-8(2)4-10-5-9(6-10)11-7-10;1-3-5-6-4-2/h8-9,11H,3-7H2,1-2H3;3-6H2,1-2H3. The van der Waals surface area contributed by atoms with E-state index in [0.29, 0.717) is 0 Å². The molecule has 1 saturated carbocycles. The summed E-state index contributed by atoms with van der Waals surface area (Å²) in [6.45, 7) is 10.5. The largest absolute Gasteiger partial charge is 0.313 e. The van der Waals surface area contributed by atoms with E-state index in [0.717, 1.165) is 17.4 Å². The van der Waals surface area contributed by atoms with Crippen molar-refractivity contribution in [3.63, 3.8) is 0 Å². The highest BCUT2D eigenvalue weighted by atomic mass is 15.0. The average molecular weight is 239 g/mol. The van der Waals surface area contributed by atoms with Crippen LogP contribution in [0.25, 0.3) is 0 Å². The third-order valence-electron chi connectivity index (χ3n) is 4.56. The second-order valence-corrected chi connectivity index (χ2v) is 6.41. The monoisotopic (exact) mass is 239 g/mol. The summed E-state index contributed by atoms with van der Waals surface area (Å²) in [5, 5.41) is 3.56. The molecule has 0 radical (unpaired) electrons. The predicted molar refractivity (Wildman–Crippen MR) is 77.3 cm³/mol. The van der Waals surface area contributed by atoms with Crippen molar-refractivity contribution in [2.75, 3.05) is 6.54 Å². The van der Waals surface area contributed by atoms with Gasteiger partial charge in [0, 0.05) is 12.6 Å². The molecule has 0 aromatic heterocycles. The highest BCUT2D eigenvalue weighted by molar-refractivity contribution is 5.06. The van der Waals surface area contributed by atoms with Crippen molar-refractivity contribution in [1.29, 1.82) is 0 Å². The average Bonchev–Trinajstić information content (AvgIpc) is 2.86. The fourth-order valence-corrected chi connectivity index (χ4v) is 3.26. The van der Waals surface area contributed by atoms with Crippen molar-refractivity contribution in [1.82, 2.24) is 5.32 Å². The summed E-state index contributed by atoms with van der Waals surface area (Å²) in [4.78, 5) is 0. The van der Waals surface area contributed by atoms with Crippen LogP contribution < -0.4 is 5.32 Å². The normalized spacial score (nSPS) is 31.4. The molecule has 1 nitrogen and oxygen atoms in total. The van der Waals surface area contributed by atoms with Crippen LogP contribution in [0.5, 0.6) is 0 Å². The molecule has 0 amide bonds. The molecular formula is C16H33N. The number of hydrogen-bond donors (Lipinski definition) is 1. The van der Waals surface area contributed by atoms with Crippen LogP contribution in [0.1, 0.15) is 79.1 Å². The van der Waals surface area contributed by atoms with Gasteiger partial charge in [0.1, 0.15) is 0 Å². The zero-order chi connectivity index (χ0) is 12.7. The van der Waals surface area contributed by atoms with Crippen LogP contribution in [0, 0.1) is 11.3 Å². The van der Waals surface area contributed by atoms with E-state index in [-0.39, 0.29) is 0 Å². The molecule has 1 N–H and O–H groups in total. The smallest absolute Gasteiger partial charge is 0.00788 e. The highest BCUT2D eigenvalue weighted by Gasteiger charge is 2.49. The molecule has 2 aliphatic heterocycles. The van der Waals surface area contributed by atoms with Crippen LogP contribution in [-0.2, 0) is 0 Å². The Morgan fingerprint density at radius 3 is 2.06 bits per heavy atom. The Kier molecular flexibility index (Phi) is 6.54. The molecule has 0 aromatic carbocycles. The first-order chi connectivity index (χ1) is 8.15. The van der Waals surface area contributed by atoms with Gasteiger partial charge in [-0.15, -0.1) is 0 Å². The molecule has 1 aliphatic carbocycles. The predicted octanol–water partition coefficient (Wildman–Crippen LogP) is 4.76. The Morgan fingerprint density at radius 1 is 1.12 bits per heavy atom. The number of nitrogens with one attached hydrogen (secondary N) is 1. The minimum Gasteiger partial charge on any atom is -0.313 e. The van der Waals surface area contributed by atoms with E-state index in [1.54, 1.807) is 0 Å². The van der Waals surface area contributed by atoms with Gasteiger partial charge in [0.25, 0.3) is 0 Å². The maximum absolute atomic E-state index is 3.56. The molecule has 3 rings (SSSR count). The zero-order valence-corrected chi connectivity index (χ0v) is 12.5. The van der Waals surface area contributed by atoms with Crippen molar-refractivity contribution >= 4 is 0 Å². The van der Waals surface area contributed by atoms with E-state index >= 15 is 0 Å². The molecule has 0 aromatic rings. The van der Waals surface area contributed by atoms with Gasteiger partial charge in [-0.25, -0.2) is 0 Å². The maximum atomic E-state index is 3.56. The van der Waals surface area contributed by atoms with Crippen LogP contribution in [0.4, 0.5) is 0 Å². The van der Waals surface area contributed by atoms with E-state index < -0.39 is 0 Å². The molecule has 1 atom stereocenters. The van der Waals surface area contributed by atoms with E-state index in [1.807, 2.05) is 0 Å². The van der Waals surface area contributed by atoms with E-state index in [2.05, 4.69) is 33.0 Å². The highest BCUT2D eigenvalue weighted by Crippen LogP contribution is 2.50. The Labute approximate surface area is 109 Å². The summed E-state index contributed by atoms with van der Waals surface area (Å²) < 4.78 is 0. The molecule has 2 bridgehead atoms. The minimum absolute atomic E-state index is 0.750. The van der Waals surface area contributed by atoms with Gasteiger partial charge in [-0.05, 0) is 30.6 Å². The molecule has 102 valence electrons. The minimum atomic E-state index is 0.750. The fraction of sp³-hybridized carbons (Fsp3) is 1.00. The maximum Gasteiger partial charge on any atom is 0.00788 e. The van der Waals surface area contributed by atoms with Crippen molar-refractivity contribution in [3.8, 4) is 0 Å². The number of fused-ring (bicyclic) bond motifs is 1. The Bertz CT molecular complexity index is 184. The van der Waals surface area contributed by atoms with Crippen molar-refractivity contribution in [2.24, 2.45) is 11.3 Å². The fourth-order valence-electron chi connectivity index (χ4n) is 3.26. The quantitative estimate of drug-likeness (QED) is 0.659. The van der Waals surface area contributed by atoms with Gasteiger partial charge in [0.05, 0.1) is 0 Å². The first-order valence-corrected chi connectivity index (χ1v) is 7.89. The van der Waals surface area contributed by atoms with Crippen LogP contribution >= 0.6 is 0 Å². The summed E-state index contributed by atoms with van der Waals surface area (Å²) in [5.74, 6) is 0.941. The second-order valence-electron chi connectivity index (χ2n) is 6.41. The number of rotatable bonds is 6. The van der Waals surface area contributed by atoms with Gasteiger partial charge < -0.3 is 5.32 Å². The summed E-state index contributed by atoms with van der Waals surface area (Å²) in [7, 11) is 0. The van der Waals surface area contributed by atoms with Gasteiger partial charge in [-0.1, -0.05) is 59.8 Å². The van der Waals surface area contributed by atoms with Crippen LogP contribution in [0.15, 0.2) is 0 Å². The lowest BCUT2D eigenvalue weighted by atomic mass is 9.65. The van der Waals surface area contributed by atoms with Crippen LogP contribution in [0.2, 0.25) is 0 Å². The third kappa shape index (κ3) is 4.62. The third-order valence-corrected chi connectivity index (χ3v) is 4.56. The zero-order valence-electron chi connectivity index (χ0n) is 12.5. The van der Waals surface area contributed by atoms with Crippen molar-refractivity contribution < 1.29 is 0 Å². The lowest BCUT2D eigenvalue weighted by Crippen LogP contribution is -2.34. The summed E-state index contributed by atoms with van der Waals surface area (Å²) >= 11 is 0. The summed E-state index contributed by atoms with van der Waals surface area (Å²) in [6, 6.07) is 0.902. The molecule has 1 unspecified atom stereocenters. The molecule has 2 heterocycles. The topological polar surface area (TPSA) is 12.0 Å². The molecule has 3 aliphatic rings. The van der Waals surface area contributed by atoms with Gasteiger partial charge in [0.15, 0.2) is 0 Å². The van der Waals surface area contributed by atoms with Gasteiger partial charge in [-0.2, -0.15) is 0 Å². The van der Waals surface area contributed by atoms with Crippen molar-refractivity contribution in [3.05, 3.63) is 0 Å². The SMILES string of the molecule is CCC(C)CC12CNC(C1)C2.CCCCCC.